The Kier molecular flexibility index (Phi) is 8.42. The topological polar surface area (TPSA) is 48.9 Å². The number of pyridine rings is 1. The van der Waals surface area contributed by atoms with Crippen molar-refractivity contribution in [1.29, 1.82) is 0 Å². The zero-order valence-corrected chi connectivity index (χ0v) is 23.3. The van der Waals surface area contributed by atoms with E-state index in [9.17, 15) is 4.79 Å². The summed E-state index contributed by atoms with van der Waals surface area (Å²) in [5, 5.41) is 2.52. The van der Waals surface area contributed by atoms with Crippen molar-refractivity contribution in [3.8, 4) is 16.9 Å². The van der Waals surface area contributed by atoms with Crippen molar-refractivity contribution < 1.29 is 9.53 Å². The number of hydrogen-bond acceptors (Lipinski definition) is 5. The van der Waals surface area contributed by atoms with Crippen molar-refractivity contribution in [3.63, 3.8) is 0 Å². The molecule has 1 aliphatic rings. The molecule has 0 aliphatic carbocycles. The van der Waals surface area contributed by atoms with Crippen LogP contribution in [0.5, 0.6) is 5.75 Å². The van der Waals surface area contributed by atoms with Crippen LogP contribution in [0.2, 0.25) is 0 Å². The molecule has 1 amide bonds. The lowest BCUT2D eigenvalue weighted by atomic mass is 9.95. The summed E-state index contributed by atoms with van der Waals surface area (Å²) >= 11 is 0. The maximum atomic E-state index is 12.6. The predicted octanol–water partition coefficient (Wildman–Crippen LogP) is 6.10. The highest BCUT2D eigenvalue weighted by Gasteiger charge is 2.20. The van der Waals surface area contributed by atoms with Gasteiger partial charge in [0.25, 0.3) is 5.91 Å². The summed E-state index contributed by atoms with van der Waals surface area (Å²) < 4.78 is 5.69. The van der Waals surface area contributed by atoms with Gasteiger partial charge >= 0.3 is 0 Å². The second kappa shape index (κ2) is 12.3. The zero-order chi connectivity index (χ0) is 27.2. The Hall–Kier alpha value is -3.90. The smallest absolute Gasteiger partial charge is 0.253 e. The zero-order valence-electron chi connectivity index (χ0n) is 23.3. The lowest BCUT2D eigenvalue weighted by molar-refractivity contribution is 0.0773. The minimum atomic E-state index is 0.105. The molecule has 0 atom stereocenters. The molecule has 0 N–H and O–H groups in total. The number of hydrogen-bond donors (Lipinski definition) is 0. The summed E-state index contributed by atoms with van der Waals surface area (Å²) in [6.45, 7) is 13.0. The molecule has 1 aromatic heterocycles. The molecule has 6 nitrogen and oxygen atoms in total. The second-order valence-electron chi connectivity index (χ2n) is 9.95. The molecule has 6 heteroatoms. The van der Waals surface area contributed by atoms with Crippen LogP contribution in [-0.4, -0.2) is 66.6 Å². The van der Waals surface area contributed by atoms with Crippen LogP contribution in [0, 0.1) is 0 Å². The van der Waals surface area contributed by atoms with Gasteiger partial charge in [0, 0.05) is 68.8 Å². The molecule has 202 valence electrons. The molecule has 1 aliphatic heterocycles. The van der Waals surface area contributed by atoms with Crippen LogP contribution in [0.25, 0.3) is 21.9 Å². The standard InChI is InChI=1S/C33H38N4O2/c1-4-36(5-2)33(38)25-11-14-28(15-12-25)37-19-17-35(18-20-37)24-26-13-16-31(32-10-8-7-9-30(26)32)27-21-29(39-6-3)23-34-22-27/h7-16,21-23H,4-6,17-20,24H2,1-3H3. The number of ether oxygens (including phenoxy) is 1. The maximum absolute atomic E-state index is 12.6. The second-order valence-corrected chi connectivity index (χ2v) is 9.95. The number of anilines is 1. The van der Waals surface area contributed by atoms with E-state index < -0.39 is 0 Å². The minimum Gasteiger partial charge on any atom is -0.492 e. The molecule has 5 rings (SSSR count). The summed E-state index contributed by atoms with van der Waals surface area (Å²) in [5.41, 5.74) is 5.54. The van der Waals surface area contributed by atoms with Gasteiger partial charge in [-0.25, -0.2) is 0 Å². The van der Waals surface area contributed by atoms with Crippen molar-refractivity contribution in [2.45, 2.75) is 27.3 Å². The van der Waals surface area contributed by atoms with Gasteiger partial charge in [-0.05, 0) is 73.0 Å². The minimum absolute atomic E-state index is 0.105. The molecular formula is C33H38N4O2. The summed E-state index contributed by atoms with van der Waals surface area (Å²) in [4.78, 5) is 23.9. The van der Waals surface area contributed by atoms with Gasteiger partial charge in [0.05, 0.1) is 12.8 Å². The van der Waals surface area contributed by atoms with E-state index in [0.717, 1.165) is 62.7 Å². The lowest BCUT2D eigenvalue weighted by Crippen LogP contribution is -2.46. The van der Waals surface area contributed by atoms with Gasteiger partial charge in [0.1, 0.15) is 5.75 Å². The van der Waals surface area contributed by atoms with Gasteiger partial charge < -0.3 is 14.5 Å². The van der Waals surface area contributed by atoms with E-state index in [2.05, 4.69) is 69.4 Å². The highest BCUT2D eigenvalue weighted by molar-refractivity contribution is 5.98. The lowest BCUT2D eigenvalue weighted by Gasteiger charge is -2.36. The average molecular weight is 523 g/mol. The first-order valence-corrected chi connectivity index (χ1v) is 14.1. The van der Waals surface area contributed by atoms with E-state index >= 15 is 0 Å². The highest BCUT2D eigenvalue weighted by atomic mass is 16.5. The van der Waals surface area contributed by atoms with Crippen LogP contribution in [0.3, 0.4) is 0 Å². The third-order valence-electron chi connectivity index (χ3n) is 7.65. The predicted molar refractivity (Wildman–Crippen MR) is 160 cm³/mol. The van der Waals surface area contributed by atoms with E-state index in [1.807, 2.05) is 44.0 Å². The number of carbonyl (C=O) groups is 1. The average Bonchev–Trinajstić information content (AvgIpc) is 2.99. The number of nitrogens with zero attached hydrogens (tertiary/aromatic N) is 4. The van der Waals surface area contributed by atoms with Crippen molar-refractivity contribution in [1.82, 2.24) is 14.8 Å². The molecule has 0 radical (unpaired) electrons. The van der Waals surface area contributed by atoms with Gasteiger partial charge in [-0.15, -0.1) is 0 Å². The fourth-order valence-corrected chi connectivity index (χ4v) is 5.48. The van der Waals surface area contributed by atoms with E-state index in [0.29, 0.717) is 6.61 Å². The molecular weight excluding hydrogens is 484 g/mol. The monoisotopic (exact) mass is 522 g/mol. The molecule has 2 heterocycles. The highest BCUT2D eigenvalue weighted by Crippen LogP contribution is 2.33. The third kappa shape index (κ3) is 5.91. The number of fused-ring (bicyclic) bond motifs is 1. The van der Waals surface area contributed by atoms with E-state index in [4.69, 9.17) is 4.74 Å². The van der Waals surface area contributed by atoms with Crippen LogP contribution in [0.4, 0.5) is 5.69 Å². The van der Waals surface area contributed by atoms with Crippen molar-refractivity contribution in [3.05, 3.63) is 90.3 Å². The summed E-state index contributed by atoms with van der Waals surface area (Å²) in [7, 11) is 0. The normalized spacial score (nSPS) is 14.0. The Bertz CT molecular complexity index is 1410. The van der Waals surface area contributed by atoms with Crippen molar-refractivity contribution in [2.24, 2.45) is 0 Å². The molecule has 4 aromatic rings. The van der Waals surface area contributed by atoms with E-state index in [1.165, 1.54) is 27.6 Å². The first-order chi connectivity index (χ1) is 19.1. The Morgan fingerprint density at radius 2 is 1.59 bits per heavy atom. The van der Waals surface area contributed by atoms with Crippen LogP contribution < -0.4 is 9.64 Å². The fourth-order valence-electron chi connectivity index (χ4n) is 5.48. The van der Waals surface area contributed by atoms with Crippen LogP contribution in [0.15, 0.2) is 79.1 Å². The number of aromatic nitrogens is 1. The first kappa shape index (κ1) is 26.7. The molecule has 39 heavy (non-hydrogen) atoms. The Balaban J connectivity index is 1.27. The number of piperazine rings is 1. The van der Waals surface area contributed by atoms with Gasteiger partial charge in [0.15, 0.2) is 0 Å². The van der Waals surface area contributed by atoms with Gasteiger partial charge in [0.2, 0.25) is 0 Å². The van der Waals surface area contributed by atoms with Gasteiger partial charge in [-0.3, -0.25) is 14.7 Å². The van der Waals surface area contributed by atoms with Gasteiger partial charge in [-0.1, -0.05) is 36.4 Å². The Morgan fingerprint density at radius 3 is 2.28 bits per heavy atom. The van der Waals surface area contributed by atoms with Crippen LogP contribution in [0.1, 0.15) is 36.7 Å². The molecule has 1 fully saturated rings. The largest absolute Gasteiger partial charge is 0.492 e. The summed E-state index contributed by atoms with van der Waals surface area (Å²) in [6.07, 6.45) is 3.68. The molecule has 3 aromatic carbocycles. The SMILES string of the molecule is CCOc1cncc(-c2ccc(CN3CCN(c4ccc(C(=O)N(CC)CC)cc4)CC3)c3ccccc23)c1. The van der Waals surface area contributed by atoms with Crippen LogP contribution in [-0.2, 0) is 6.54 Å². The summed E-state index contributed by atoms with van der Waals surface area (Å²) in [6, 6.07) is 23.3. The van der Waals surface area contributed by atoms with E-state index in [1.54, 1.807) is 6.20 Å². The first-order valence-electron chi connectivity index (χ1n) is 14.1. The fraction of sp³-hybridized carbons (Fsp3) is 0.333. The Morgan fingerprint density at radius 1 is 0.872 bits per heavy atom. The number of rotatable bonds is 9. The number of carbonyl (C=O) groups excluding carboxylic acids is 1. The molecule has 0 saturated carbocycles. The number of benzene rings is 3. The number of amides is 1. The van der Waals surface area contributed by atoms with Crippen molar-refractivity contribution in [2.75, 3.05) is 50.8 Å². The van der Waals surface area contributed by atoms with Crippen LogP contribution >= 0.6 is 0 Å². The molecule has 0 bridgehead atoms. The quantitative estimate of drug-likeness (QED) is 0.266. The van der Waals surface area contributed by atoms with E-state index in [-0.39, 0.29) is 5.91 Å². The molecule has 1 saturated heterocycles. The third-order valence-corrected chi connectivity index (χ3v) is 7.65. The summed E-state index contributed by atoms with van der Waals surface area (Å²) in [5.74, 6) is 0.902. The molecule has 0 unspecified atom stereocenters. The Labute approximate surface area is 231 Å². The maximum Gasteiger partial charge on any atom is 0.253 e. The molecule has 0 spiro atoms. The van der Waals surface area contributed by atoms with Crippen molar-refractivity contribution >= 4 is 22.4 Å². The van der Waals surface area contributed by atoms with Gasteiger partial charge in [-0.2, -0.15) is 0 Å².